The number of terminal acetylenes is 1. The van der Waals surface area contributed by atoms with Gasteiger partial charge in [0, 0.05) is 0 Å². The van der Waals surface area contributed by atoms with E-state index in [1.54, 1.807) is 0 Å². The Labute approximate surface area is 158 Å². The molecule has 1 N–H and O–H groups in total. The van der Waals surface area contributed by atoms with Crippen LogP contribution < -0.4 is 0 Å². The Bertz CT molecular complexity index is 626. The summed E-state index contributed by atoms with van der Waals surface area (Å²) in [7, 11) is 0. The van der Waals surface area contributed by atoms with Gasteiger partial charge in [-0.25, -0.2) is 0 Å². The van der Waals surface area contributed by atoms with E-state index < -0.39 is 5.60 Å². The molecule has 3 nitrogen and oxygen atoms in total. The Hall–Kier alpha value is -0.880. The average molecular weight is 358 g/mol. The van der Waals surface area contributed by atoms with Crippen molar-refractivity contribution in [3.8, 4) is 12.3 Å². The van der Waals surface area contributed by atoms with Crippen molar-refractivity contribution in [2.24, 2.45) is 45.6 Å². The lowest BCUT2D eigenvalue weighted by molar-refractivity contribution is -0.138. The van der Waals surface area contributed by atoms with Gasteiger partial charge in [-0.1, -0.05) is 24.9 Å². The van der Waals surface area contributed by atoms with Gasteiger partial charge in [0.25, 0.3) is 0 Å². The molecule has 144 valence electrons. The Morgan fingerprint density at radius 2 is 1.77 bits per heavy atom. The fourth-order valence-corrected chi connectivity index (χ4v) is 8.28. The lowest BCUT2D eigenvalue weighted by Gasteiger charge is -2.61. The minimum absolute atomic E-state index is 0.0474. The van der Waals surface area contributed by atoms with Crippen LogP contribution in [0.4, 0.5) is 0 Å². The highest BCUT2D eigenvalue weighted by Crippen LogP contribution is 2.68. The zero-order valence-electron chi connectivity index (χ0n) is 16.7. The number of nitrogens with zero attached hydrogens (tertiary/aromatic N) is 1. The molecule has 5 unspecified atom stereocenters. The monoisotopic (exact) mass is 357 g/mol. The molecule has 4 rings (SSSR count). The van der Waals surface area contributed by atoms with Crippen molar-refractivity contribution in [2.45, 2.75) is 90.2 Å². The van der Waals surface area contributed by atoms with Crippen molar-refractivity contribution in [2.75, 3.05) is 0 Å². The molecule has 3 heteroatoms. The number of hydrogen-bond acceptors (Lipinski definition) is 3. The highest BCUT2D eigenvalue weighted by atomic mass is 16.3. The summed E-state index contributed by atoms with van der Waals surface area (Å²) in [5.41, 5.74) is -0.241. The topological polar surface area (TPSA) is 49.7 Å². The molecule has 0 spiro atoms. The minimum atomic E-state index is -0.871. The molecule has 0 aromatic carbocycles. The Morgan fingerprint density at radius 1 is 1.04 bits per heavy atom. The zero-order valence-corrected chi connectivity index (χ0v) is 16.7. The van der Waals surface area contributed by atoms with E-state index in [4.69, 9.17) is 6.42 Å². The Morgan fingerprint density at radius 3 is 2.46 bits per heavy atom. The van der Waals surface area contributed by atoms with E-state index in [9.17, 15) is 10.0 Å². The smallest absolute Gasteiger partial charge is 0.125 e. The van der Waals surface area contributed by atoms with Crippen LogP contribution in [0, 0.1) is 57.7 Å². The summed E-state index contributed by atoms with van der Waals surface area (Å²) in [6.07, 6.45) is 15.7. The number of aliphatic hydroxyl groups is 1. The van der Waals surface area contributed by atoms with Crippen LogP contribution in [0.25, 0.3) is 0 Å². The van der Waals surface area contributed by atoms with Crippen LogP contribution in [0.15, 0.2) is 5.18 Å². The van der Waals surface area contributed by atoms with Gasteiger partial charge < -0.3 is 5.11 Å². The highest BCUT2D eigenvalue weighted by molar-refractivity contribution is 5.16. The summed E-state index contributed by atoms with van der Waals surface area (Å²) < 4.78 is 0. The summed E-state index contributed by atoms with van der Waals surface area (Å²) in [5.74, 6) is 6.02. The second kappa shape index (κ2) is 6.06. The molecule has 4 aliphatic rings. The Kier molecular flexibility index (Phi) is 4.31. The van der Waals surface area contributed by atoms with Gasteiger partial charge in [-0.05, 0) is 105 Å². The average Bonchev–Trinajstić information content (AvgIpc) is 2.99. The van der Waals surface area contributed by atoms with Gasteiger partial charge in [0.15, 0.2) is 0 Å². The van der Waals surface area contributed by atoms with Crippen molar-refractivity contribution in [3.63, 3.8) is 0 Å². The van der Waals surface area contributed by atoms with E-state index in [1.165, 1.54) is 38.5 Å². The third-order valence-corrected chi connectivity index (χ3v) is 9.82. The second-order valence-corrected chi connectivity index (χ2v) is 10.6. The van der Waals surface area contributed by atoms with E-state index in [0.29, 0.717) is 22.7 Å². The number of rotatable bonds is 2. The lowest BCUT2D eigenvalue weighted by Crippen LogP contribution is -2.56. The number of nitroso groups, excluding NO2 is 1. The van der Waals surface area contributed by atoms with Crippen molar-refractivity contribution in [1.29, 1.82) is 0 Å². The predicted octanol–water partition coefficient (Wildman–Crippen LogP) is 5.16. The quantitative estimate of drug-likeness (QED) is 0.548. The van der Waals surface area contributed by atoms with Crippen LogP contribution in [0.2, 0.25) is 0 Å². The van der Waals surface area contributed by atoms with Gasteiger partial charge in [-0.15, -0.1) is 6.42 Å². The van der Waals surface area contributed by atoms with Gasteiger partial charge in [0.05, 0.1) is 6.04 Å². The third-order valence-electron chi connectivity index (χ3n) is 9.82. The van der Waals surface area contributed by atoms with Gasteiger partial charge >= 0.3 is 0 Å². The largest absolute Gasteiger partial charge is 0.378 e. The normalized spacial score (nSPS) is 54.3. The van der Waals surface area contributed by atoms with Crippen molar-refractivity contribution >= 4 is 0 Å². The summed E-state index contributed by atoms with van der Waals surface area (Å²) >= 11 is 0. The van der Waals surface area contributed by atoms with E-state index in [-0.39, 0.29) is 6.04 Å². The summed E-state index contributed by atoms with van der Waals surface area (Å²) in [4.78, 5) is 11.2. The van der Waals surface area contributed by atoms with E-state index >= 15 is 0 Å². The van der Waals surface area contributed by atoms with Gasteiger partial charge in [0.1, 0.15) is 5.60 Å². The summed E-state index contributed by atoms with van der Waals surface area (Å²) in [6.45, 7) is 6.98. The lowest BCUT2D eigenvalue weighted by atomic mass is 9.44. The maximum atomic E-state index is 11.2. The molecule has 0 saturated heterocycles. The SMILES string of the molecule is C#C[C@@]1(O)CC[C@@]2(C)C(CCC3C2CC[C@@]2(C)C3CC[C@@H]2C(C)N=O)C1. The van der Waals surface area contributed by atoms with Crippen molar-refractivity contribution in [3.05, 3.63) is 4.91 Å². The molecular formula is C23H35NO2. The summed E-state index contributed by atoms with van der Waals surface area (Å²) in [6, 6.07) is -0.0474. The van der Waals surface area contributed by atoms with E-state index in [2.05, 4.69) is 24.9 Å². The molecule has 9 atom stereocenters. The molecule has 4 saturated carbocycles. The third kappa shape index (κ3) is 2.44. The predicted molar refractivity (Wildman–Crippen MR) is 104 cm³/mol. The second-order valence-electron chi connectivity index (χ2n) is 10.6. The maximum Gasteiger partial charge on any atom is 0.125 e. The first-order chi connectivity index (χ1) is 12.3. The molecule has 0 heterocycles. The Balaban J connectivity index is 1.59. The van der Waals surface area contributed by atoms with Crippen LogP contribution in [0.1, 0.15) is 78.6 Å². The molecular weight excluding hydrogens is 322 g/mol. The zero-order chi connectivity index (χ0) is 18.7. The molecule has 0 bridgehead atoms. The van der Waals surface area contributed by atoms with Gasteiger partial charge in [0.2, 0.25) is 0 Å². The van der Waals surface area contributed by atoms with Crippen LogP contribution in [-0.4, -0.2) is 16.7 Å². The van der Waals surface area contributed by atoms with Crippen LogP contribution >= 0.6 is 0 Å². The summed E-state index contributed by atoms with van der Waals surface area (Å²) in [5, 5.41) is 14.1. The van der Waals surface area contributed by atoms with E-state index in [0.717, 1.165) is 37.0 Å². The minimum Gasteiger partial charge on any atom is -0.378 e. The molecule has 0 aromatic heterocycles. The van der Waals surface area contributed by atoms with Crippen molar-refractivity contribution in [1.82, 2.24) is 0 Å². The standard InChI is InChI=1S/C23H35NO2/c1-5-23(25)13-12-21(3)16(14-23)6-7-17-19-9-8-18(15(2)24-26)22(19,4)11-10-20(17)21/h1,15-20,25H,6-14H2,2-4H3/t15?,16?,17?,18-,19?,20?,21+,22-,23-/m1/s1. The van der Waals surface area contributed by atoms with Gasteiger partial charge in [-0.3, -0.25) is 0 Å². The maximum absolute atomic E-state index is 11.2. The highest BCUT2D eigenvalue weighted by Gasteiger charge is 2.61. The first-order valence-corrected chi connectivity index (χ1v) is 10.8. The first kappa shape index (κ1) is 18.5. The molecule has 4 fully saturated rings. The molecule has 0 aliphatic heterocycles. The molecule has 26 heavy (non-hydrogen) atoms. The van der Waals surface area contributed by atoms with Crippen LogP contribution in [0.3, 0.4) is 0 Å². The molecule has 0 aromatic rings. The fraction of sp³-hybridized carbons (Fsp3) is 0.913. The molecule has 0 radical (unpaired) electrons. The van der Waals surface area contributed by atoms with Crippen LogP contribution in [-0.2, 0) is 0 Å². The van der Waals surface area contributed by atoms with Gasteiger partial charge in [-0.2, -0.15) is 4.91 Å². The molecule has 4 aliphatic carbocycles. The van der Waals surface area contributed by atoms with E-state index in [1.807, 2.05) is 6.92 Å². The number of hydrogen-bond donors (Lipinski definition) is 1. The fourth-order valence-electron chi connectivity index (χ4n) is 8.28. The number of fused-ring (bicyclic) bond motifs is 5. The first-order valence-electron chi connectivity index (χ1n) is 10.8. The van der Waals surface area contributed by atoms with Crippen molar-refractivity contribution < 1.29 is 5.11 Å². The molecule has 0 amide bonds. The van der Waals surface area contributed by atoms with Crippen LogP contribution in [0.5, 0.6) is 0 Å².